The van der Waals surface area contributed by atoms with Crippen LogP contribution in [0.3, 0.4) is 0 Å². The topological polar surface area (TPSA) is 33.1 Å². The quantitative estimate of drug-likeness (QED) is 0.821. The number of aromatic nitrogens is 1. The van der Waals surface area contributed by atoms with Crippen LogP contribution >= 0.6 is 11.8 Å². The Hall–Kier alpha value is -1.48. The maximum atomic E-state index is 9.57. The molecule has 0 unspecified atom stereocenters. The second kappa shape index (κ2) is 5.56. The first-order valence-electron chi connectivity index (χ1n) is 5.17. The first-order valence-corrected chi connectivity index (χ1v) is 6.15. The molecule has 0 saturated heterocycles. The Morgan fingerprint density at radius 1 is 1.06 bits per heavy atom. The molecule has 0 spiro atoms. The number of phenolic OH excluding ortho intramolecular Hbond substituents is 1. The molecule has 0 fully saturated rings. The van der Waals surface area contributed by atoms with Gasteiger partial charge in [-0.25, -0.2) is 0 Å². The number of para-hydroxylation sites is 1. The molecule has 0 aliphatic carbocycles. The number of thioether (sulfide) groups is 1. The molecule has 1 aromatic heterocycles. The molecule has 0 radical (unpaired) electrons. The number of rotatable bonds is 4. The lowest BCUT2D eigenvalue weighted by Crippen LogP contribution is -1.91. The first kappa shape index (κ1) is 11.0. The second-order valence-corrected chi connectivity index (χ2v) is 4.52. The van der Waals surface area contributed by atoms with Gasteiger partial charge in [-0.1, -0.05) is 18.2 Å². The normalized spacial score (nSPS) is 10.2. The standard InChI is InChI=1S/C13H13NOS/c15-12-6-1-2-7-13(12)16-10-8-11-5-3-4-9-14-11/h1-7,9,15H,8,10H2. The van der Waals surface area contributed by atoms with E-state index in [9.17, 15) is 5.11 Å². The molecule has 0 atom stereocenters. The fraction of sp³-hybridized carbons (Fsp3) is 0.154. The Balaban J connectivity index is 1.87. The largest absolute Gasteiger partial charge is 0.507 e. The molecular weight excluding hydrogens is 218 g/mol. The van der Waals surface area contributed by atoms with E-state index in [1.807, 2.05) is 36.4 Å². The van der Waals surface area contributed by atoms with E-state index in [0.29, 0.717) is 5.75 Å². The number of benzene rings is 1. The van der Waals surface area contributed by atoms with E-state index in [1.54, 1.807) is 24.0 Å². The van der Waals surface area contributed by atoms with Gasteiger partial charge in [-0.3, -0.25) is 4.98 Å². The summed E-state index contributed by atoms with van der Waals surface area (Å²) in [4.78, 5) is 5.19. The zero-order valence-corrected chi connectivity index (χ0v) is 9.65. The lowest BCUT2D eigenvalue weighted by atomic mass is 10.3. The minimum absolute atomic E-state index is 0.355. The second-order valence-electron chi connectivity index (χ2n) is 3.39. The lowest BCUT2D eigenvalue weighted by molar-refractivity contribution is 0.462. The van der Waals surface area contributed by atoms with Crippen molar-refractivity contribution in [2.75, 3.05) is 5.75 Å². The third-order valence-corrected chi connectivity index (χ3v) is 3.27. The van der Waals surface area contributed by atoms with Crippen LogP contribution in [0.15, 0.2) is 53.6 Å². The van der Waals surface area contributed by atoms with E-state index in [2.05, 4.69) is 4.98 Å². The molecule has 0 saturated carbocycles. The molecule has 1 aromatic carbocycles. The fourth-order valence-corrected chi connectivity index (χ4v) is 2.31. The van der Waals surface area contributed by atoms with Crippen molar-refractivity contribution in [2.45, 2.75) is 11.3 Å². The highest BCUT2D eigenvalue weighted by atomic mass is 32.2. The summed E-state index contributed by atoms with van der Waals surface area (Å²) >= 11 is 1.65. The van der Waals surface area contributed by atoms with E-state index in [4.69, 9.17) is 0 Å². The Labute approximate surface area is 99.4 Å². The van der Waals surface area contributed by atoms with Crippen LogP contribution < -0.4 is 0 Å². The van der Waals surface area contributed by atoms with Crippen LogP contribution in [-0.2, 0) is 6.42 Å². The van der Waals surface area contributed by atoms with Crippen molar-refractivity contribution in [1.82, 2.24) is 4.98 Å². The number of phenols is 1. The molecular formula is C13H13NOS. The van der Waals surface area contributed by atoms with Gasteiger partial charge in [0.25, 0.3) is 0 Å². The van der Waals surface area contributed by atoms with Gasteiger partial charge in [0.05, 0.1) is 0 Å². The Kier molecular flexibility index (Phi) is 3.83. The molecule has 3 heteroatoms. The van der Waals surface area contributed by atoms with Crippen LogP contribution in [0, 0.1) is 0 Å². The van der Waals surface area contributed by atoms with Crippen molar-refractivity contribution in [1.29, 1.82) is 0 Å². The summed E-state index contributed by atoms with van der Waals surface area (Å²) in [7, 11) is 0. The van der Waals surface area contributed by atoms with Crippen molar-refractivity contribution < 1.29 is 5.11 Å². The van der Waals surface area contributed by atoms with Gasteiger partial charge < -0.3 is 5.11 Å². The number of hydrogen-bond donors (Lipinski definition) is 1. The molecule has 2 aromatic rings. The van der Waals surface area contributed by atoms with E-state index < -0.39 is 0 Å². The van der Waals surface area contributed by atoms with Crippen molar-refractivity contribution in [3.63, 3.8) is 0 Å². The van der Waals surface area contributed by atoms with Gasteiger partial charge >= 0.3 is 0 Å². The van der Waals surface area contributed by atoms with Crippen LogP contribution in [0.2, 0.25) is 0 Å². The number of hydrogen-bond acceptors (Lipinski definition) is 3. The zero-order valence-electron chi connectivity index (χ0n) is 8.84. The summed E-state index contributed by atoms with van der Waals surface area (Å²) in [6.07, 6.45) is 2.72. The van der Waals surface area contributed by atoms with E-state index in [0.717, 1.165) is 22.8 Å². The predicted molar refractivity (Wildman–Crippen MR) is 66.8 cm³/mol. The van der Waals surface area contributed by atoms with Crippen molar-refractivity contribution in [3.8, 4) is 5.75 Å². The first-order chi connectivity index (χ1) is 7.86. The third-order valence-electron chi connectivity index (χ3n) is 2.21. The average Bonchev–Trinajstić information content (AvgIpc) is 2.33. The Morgan fingerprint density at radius 3 is 2.62 bits per heavy atom. The summed E-state index contributed by atoms with van der Waals surface area (Å²) in [5.74, 6) is 1.28. The number of aryl methyl sites for hydroxylation is 1. The maximum absolute atomic E-state index is 9.57. The average molecular weight is 231 g/mol. The van der Waals surface area contributed by atoms with Crippen LogP contribution in [0.4, 0.5) is 0 Å². The fourth-order valence-electron chi connectivity index (χ4n) is 1.39. The molecule has 2 rings (SSSR count). The summed E-state index contributed by atoms with van der Waals surface area (Å²) in [6, 6.07) is 13.3. The van der Waals surface area contributed by atoms with Crippen LogP contribution in [0.5, 0.6) is 5.75 Å². The molecule has 16 heavy (non-hydrogen) atoms. The highest BCUT2D eigenvalue weighted by Crippen LogP contribution is 2.27. The van der Waals surface area contributed by atoms with Crippen molar-refractivity contribution >= 4 is 11.8 Å². The number of nitrogens with zero attached hydrogens (tertiary/aromatic N) is 1. The molecule has 2 nitrogen and oxygen atoms in total. The maximum Gasteiger partial charge on any atom is 0.129 e. The van der Waals surface area contributed by atoms with Crippen LogP contribution in [-0.4, -0.2) is 15.8 Å². The minimum Gasteiger partial charge on any atom is -0.507 e. The Morgan fingerprint density at radius 2 is 1.88 bits per heavy atom. The van der Waals surface area contributed by atoms with Gasteiger partial charge in [-0.05, 0) is 30.7 Å². The van der Waals surface area contributed by atoms with Gasteiger partial charge in [0.15, 0.2) is 0 Å². The van der Waals surface area contributed by atoms with E-state index >= 15 is 0 Å². The molecule has 1 N–H and O–H groups in total. The molecule has 0 aliphatic rings. The van der Waals surface area contributed by atoms with Crippen LogP contribution in [0.25, 0.3) is 0 Å². The Bertz CT molecular complexity index is 445. The summed E-state index contributed by atoms with van der Waals surface area (Å²) in [5, 5.41) is 9.57. The van der Waals surface area contributed by atoms with Gasteiger partial charge in [-0.15, -0.1) is 11.8 Å². The lowest BCUT2D eigenvalue weighted by Gasteiger charge is -2.03. The summed E-state index contributed by atoms with van der Waals surface area (Å²) < 4.78 is 0. The number of pyridine rings is 1. The molecule has 0 aliphatic heterocycles. The zero-order chi connectivity index (χ0) is 11.2. The van der Waals surface area contributed by atoms with Gasteiger partial charge in [0.2, 0.25) is 0 Å². The monoisotopic (exact) mass is 231 g/mol. The molecule has 0 amide bonds. The molecule has 0 bridgehead atoms. The van der Waals surface area contributed by atoms with Crippen LogP contribution in [0.1, 0.15) is 5.69 Å². The van der Waals surface area contributed by atoms with Gasteiger partial charge in [0.1, 0.15) is 5.75 Å². The summed E-state index contributed by atoms with van der Waals surface area (Å²) in [5.41, 5.74) is 1.09. The third kappa shape index (κ3) is 3.00. The summed E-state index contributed by atoms with van der Waals surface area (Å²) in [6.45, 7) is 0. The highest BCUT2D eigenvalue weighted by Gasteiger charge is 2.00. The highest BCUT2D eigenvalue weighted by molar-refractivity contribution is 7.99. The molecule has 1 heterocycles. The molecule has 82 valence electrons. The minimum atomic E-state index is 0.355. The predicted octanol–water partition coefficient (Wildman–Crippen LogP) is 3.12. The van der Waals surface area contributed by atoms with E-state index in [-0.39, 0.29) is 0 Å². The van der Waals surface area contributed by atoms with E-state index in [1.165, 1.54) is 0 Å². The number of aromatic hydroxyl groups is 1. The van der Waals surface area contributed by atoms with Gasteiger partial charge in [-0.2, -0.15) is 0 Å². The smallest absolute Gasteiger partial charge is 0.129 e. The van der Waals surface area contributed by atoms with Crippen molar-refractivity contribution in [3.05, 3.63) is 54.4 Å². The van der Waals surface area contributed by atoms with Gasteiger partial charge in [0, 0.05) is 22.5 Å². The SMILES string of the molecule is Oc1ccccc1SCCc1ccccn1. The van der Waals surface area contributed by atoms with Crippen molar-refractivity contribution in [2.24, 2.45) is 0 Å².